The van der Waals surface area contributed by atoms with E-state index in [0.29, 0.717) is 57.4 Å². The fraction of sp³-hybridized carbons (Fsp3) is 0.143. The van der Waals surface area contributed by atoms with Crippen molar-refractivity contribution in [1.29, 1.82) is 0 Å². The van der Waals surface area contributed by atoms with Crippen LogP contribution in [0.3, 0.4) is 0 Å². The number of hydrogen-bond acceptors (Lipinski definition) is 9. The lowest BCUT2D eigenvalue weighted by molar-refractivity contribution is 0.344. The molecule has 37 heavy (non-hydrogen) atoms. The summed E-state index contributed by atoms with van der Waals surface area (Å²) in [6, 6.07) is 21.7. The van der Waals surface area contributed by atoms with Gasteiger partial charge in [-0.25, -0.2) is 0 Å². The molecule has 192 valence electrons. The van der Waals surface area contributed by atoms with E-state index in [1.807, 2.05) is 48.5 Å². The molecule has 0 amide bonds. The van der Waals surface area contributed by atoms with E-state index >= 15 is 0 Å². The SMILES string of the molecule is COc1cc(Sc2cc(OC)c(Oc3cccc(N)c3)c(OC)c2)cc(OC)c1Oc1cccc(N)c1. The second-order valence-electron chi connectivity index (χ2n) is 7.77. The summed E-state index contributed by atoms with van der Waals surface area (Å²) in [5, 5.41) is 0. The lowest BCUT2D eigenvalue weighted by Gasteiger charge is -2.17. The molecular weight excluding hydrogens is 492 g/mol. The summed E-state index contributed by atoms with van der Waals surface area (Å²) in [5.41, 5.74) is 13.0. The first kappa shape index (κ1) is 25.7. The number of ether oxygens (including phenoxy) is 6. The van der Waals surface area contributed by atoms with Gasteiger partial charge in [-0.2, -0.15) is 0 Å². The van der Waals surface area contributed by atoms with Crippen molar-refractivity contribution in [3.8, 4) is 46.0 Å². The zero-order valence-corrected chi connectivity index (χ0v) is 21.8. The Balaban J connectivity index is 1.66. The highest BCUT2D eigenvalue weighted by Crippen LogP contribution is 2.48. The quantitative estimate of drug-likeness (QED) is 0.223. The van der Waals surface area contributed by atoms with Crippen molar-refractivity contribution in [3.63, 3.8) is 0 Å². The predicted molar refractivity (Wildman–Crippen MR) is 145 cm³/mol. The highest BCUT2D eigenvalue weighted by molar-refractivity contribution is 7.99. The van der Waals surface area contributed by atoms with Crippen molar-refractivity contribution in [2.75, 3.05) is 39.9 Å². The molecule has 4 aromatic rings. The van der Waals surface area contributed by atoms with Crippen molar-refractivity contribution in [1.82, 2.24) is 0 Å². The lowest BCUT2D eigenvalue weighted by atomic mass is 10.2. The average Bonchev–Trinajstić information content (AvgIpc) is 2.89. The first-order valence-electron chi connectivity index (χ1n) is 11.2. The van der Waals surface area contributed by atoms with Gasteiger partial charge in [-0.3, -0.25) is 0 Å². The summed E-state index contributed by atoms with van der Waals surface area (Å²) < 4.78 is 34.6. The monoisotopic (exact) mass is 520 g/mol. The summed E-state index contributed by atoms with van der Waals surface area (Å²) in [5.74, 6) is 4.05. The number of benzene rings is 4. The number of rotatable bonds is 10. The molecule has 4 rings (SSSR count). The molecule has 0 saturated heterocycles. The van der Waals surface area contributed by atoms with Gasteiger partial charge in [-0.1, -0.05) is 23.9 Å². The minimum Gasteiger partial charge on any atom is -0.493 e. The molecule has 0 aromatic heterocycles. The van der Waals surface area contributed by atoms with Gasteiger partial charge in [0.2, 0.25) is 11.5 Å². The molecule has 0 atom stereocenters. The molecule has 4 N–H and O–H groups in total. The molecule has 0 aliphatic carbocycles. The van der Waals surface area contributed by atoms with Crippen LogP contribution < -0.4 is 39.9 Å². The number of nitrogen functional groups attached to an aromatic ring is 2. The van der Waals surface area contributed by atoms with E-state index in [-0.39, 0.29) is 0 Å². The van der Waals surface area contributed by atoms with Crippen LogP contribution in [0.15, 0.2) is 82.6 Å². The molecule has 0 spiro atoms. The molecule has 0 aliphatic heterocycles. The van der Waals surface area contributed by atoms with E-state index in [9.17, 15) is 0 Å². The average molecular weight is 521 g/mol. The number of hydrogen-bond donors (Lipinski definition) is 2. The van der Waals surface area contributed by atoms with E-state index in [0.717, 1.165) is 9.79 Å². The molecule has 9 heteroatoms. The van der Waals surface area contributed by atoms with Crippen LogP contribution in [0.25, 0.3) is 0 Å². The van der Waals surface area contributed by atoms with Crippen molar-refractivity contribution in [2.24, 2.45) is 0 Å². The summed E-state index contributed by atoms with van der Waals surface area (Å²) in [4.78, 5) is 1.70. The molecule has 0 unspecified atom stereocenters. The lowest BCUT2D eigenvalue weighted by Crippen LogP contribution is -1.97. The third-order valence-electron chi connectivity index (χ3n) is 5.26. The second kappa shape index (κ2) is 11.6. The van der Waals surface area contributed by atoms with Gasteiger partial charge in [0.05, 0.1) is 28.4 Å². The molecule has 8 nitrogen and oxygen atoms in total. The maximum Gasteiger partial charge on any atom is 0.211 e. The Bertz CT molecular complexity index is 1240. The number of methoxy groups -OCH3 is 4. The largest absolute Gasteiger partial charge is 0.493 e. The Kier molecular flexibility index (Phi) is 8.05. The van der Waals surface area contributed by atoms with Crippen molar-refractivity contribution < 1.29 is 28.4 Å². The topological polar surface area (TPSA) is 107 Å². The van der Waals surface area contributed by atoms with Crippen molar-refractivity contribution in [2.45, 2.75) is 9.79 Å². The van der Waals surface area contributed by atoms with E-state index in [1.54, 1.807) is 52.7 Å². The molecule has 0 saturated carbocycles. The third-order valence-corrected chi connectivity index (χ3v) is 6.20. The Morgan fingerprint density at radius 2 is 0.865 bits per heavy atom. The van der Waals surface area contributed by atoms with E-state index in [2.05, 4.69) is 0 Å². The molecule has 4 aromatic carbocycles. The standard InChI is InChI=1S/C28H28N2O6S/c1-31-23-13-21(14-24(32-2)27(23)35-19-9-5-7-17(29)11-19)37-22-15-25(33-3)28(26(16-22)34-4)36-20-10-6-8-18(30)12-20/h5-16H,29-30H2,1-4H3. The van der Waals surface area contributed by atoms with Gasteiger partial charge in [-0.05, 0) is 48.5 Å². The molecule has 0 bridgehead atoms. The van der Waals surface area contributed by atoms with Gasteiger partial charge in [0.1, 0.15) is 11.5 Å². The van der Waals surface area contributed by atoms with Crippen LogP contribution in [-0.2, 0) is 0 Å². The first-order valence-corrected chi connectivity index (χ1v) is 12.0. The predicted octanol–water partition coefficient (Wildman–Crippen LogP) is 6.62. The molecule has 0 heterocycles. The smallest absolute Gasteiger partial charge is 0.211 e. The fourth-order valence-electron chi connectivity index (χ4n) is 3.56. The highest BCUT2D eigenvalue weighted by atomic mass is 32.2. The van der Waals surface area contributed by atoms with Crippen LogP contribution in [0, 0.1) is 0 Å². The van der Waals surface area contributed by atoms with Gasteiger partial charge in [0.25, 0.3) is 0 Å². The number of anilines is 2. The fourth-order valence-corrected chi connectivity index (χ4v) is 4.49. The highest BCUT2D eigenvalue weighted by Gasteiger charge is 2.19. The van der Waals surface area contributed by atoms with Gasteiger partial charge in [0.15, 0.2) is 23.0 Å². The number of nitrogens with two attached hydrogens (primary N) is 2. The minimum atomic E-state index is 0.445. The molecule has 0 fully saturated rings. The van der Waals surface area contributed by atoms with Crippen LogP contribution in [0.1, 0.15) is 0 Å². The van der Waals surface area contributed by atoms with Crippen molar-refractivity contribution in [3.05, 3.63) is 72.8 Å². The Morgan fingerprint density at radius 3 is 1.16 bits per heavy atom. The summed E-state index contributed by atoms with van der Waals surface area (Å²) >= 11 is 1.47. The Hall–Kier alpha value is -4.37. The maximum atomic E-state index is 6.06. The van der Waals surface area contributed by atoms with Gasteiger partial charge < -0.3 is 39.9 Å². The van der Waals surface area contributed by atoms with E-state index in [1.165, 1.54) is 11.8 Å². The Morgan fingerprint density at radius 1 is 0.514 bits per heavy atom. The normalized spacial score (nSPS) is 10.5. The summed E-state index contributed by atoms with van der Waals surface area (Å²) in [6.45, 7) is 0. The molecule has 0 aliphatic rings. The van der Waals surface area contributed by atoms with Crippen LogP contribution in [0.4, 0.5) is 11.4 Å². The third kappa shape index (κ3) is 6.07. The van der Waals surface area contributed by atoms with Crippen LogP contribution >= 0.6 is 11.8 Å². The Labute approximate surface area is 220 Å². The van der Waals surface area contributed by atoms with Crippen LogP contribution in [-0.4, -0.2) is 28.4 Å². The van der Waals surface area contributed by atoms with Crippen LogP contribution in [0.2, 0.25) is 0 Å². The second-order valence-corrected chi connectivity index (χ2v) is 8.91. The van der Waals surface area contributed by atoms with Gasteiger partial charge >= 0.3 is 0 Å². The zero-order valence-electron chi connectivity index (χ0n) is 20.9. The van der Waals surface area contributed by atoms with Gasteiger partial charge in [-0.15, -0.1) is 0 Å². The van der Waals surface area contributed by atoms with Crippen molar-refractivity contribution >= 4 is 23.1 Å². The molecular formula is C28H28N2O6S. The van der Waals surface area contributed by atoms with E-state index in [4.69, 9.17) is 39.9 Å². The first-order chi connectivity index (χ1) is 17.9. The summed E-state index contributed by atoms with van der Waals surface area (Å²) in [7, 11) is 6.29. The van der Waals surface area contributed by atoms with Gasteiger partial charge in [0, 0.05) is 33.3 Å². The maximum absolute atomic E-state index is 6.06. The van der Waals surface area contributed by atoms with E-state index < -0.39 is 0 Å². The zero-order chi connectivity index (χ0) is 26.4. The molecule has 0 radical (unpaired) electrons. The minimum absolute atomic E-state index is 0.445. The summed E-state index contributed by atoms with van der Waals surface area (Å²) in [6.07, 6.45) is 0. The van der Waals surface area contributed by atoms with Crippen LogP contribution in [0.5, 0.6) is 46.0 Å².